The van der Waals surface area contributed by atoms with E-state index in [-0.39, 0.29) is 31.7 Å². The summed E-state index contributed by atoms with van der Waals surface area (Å²) in [6, 6.07) is -1.53. The van der Waals surface area contributed by atoms with Gasteiger partial charge in [0.2, 0.25) is 0 Å². The molecule has 1 aliphatic heterocycles. The number of hydrogen-bond donors (Lipinski definition) is 3. The third-order valence-corrected chi connectivity index (χ3v) is 9.74. The van der Waals surface area contributed by atoms with Gasteiger partial charge in [0.25, 0.3) is 0 Å². The topological polar surface area (TPSA) is 184 Å². The molecule has 1 rings (SSSR count). The predicted octanol–water partition coefficient (Wildman–Crippen LogP) is 9.04. The lowest BCUT2D eigenvalue weighted by Gasteiger charge is -2.20. The molecule has 0 aliphatic carbocycles. The lowest BCUT2D eigenvalue weighted by atomic mass is 10.1. The smallest absolute Gasteiger partial charge is 0.472 e. The molecule has 53 heavy (non-hydrogen) atoms. The number of carbonyl (C=O) groups excluding carboxylic acids is 2. The number of rotatable bonds is 36. The van der Waals surface area contributed by atoms with Crippen LogP contribution in [0.25, 0.3) is 0 Å². The van der Waals surface area contributed by atoms with Crippen molar-refractivity contribution in [2.45, 2.75) is 179 Å². The van der Waals surface area contributed by atoms with Gasteiger partial charge >= 0.3 is 25.7 Å². The third-order valence-electron chi connectivity index (χ3n) is 8.79. The molecule has 0 bridgehead atoms. The summed E-state index contributed by atoms with van der Waals surface area (Å²) in [6.07, 6.45) is 33.9. The number of carboxylic acids is 1. The van der Waals surface area contributed by atoms with Crippen LogP contribution in [0, 0.1) is 0 Å². The summed E-state index contributed by atoms with van der Waals surface area (Å²) in [4.78, 5) is 45.8. The molecule has 306 valence electrons. The summed E-state index contributed by atoms with van der Waals surface area (Å²) < 4.78 is 38.3. The van der Waals surface area contributed by atoms with Crippen molar-refractivity contribution in [3.05, 3.63) is 36.5 Å². The van der Waals surface area contributed by atoms with Crippen molar-refractivity contribution in [3.63, 3.8) is 0 Å². The number of nitrogens with two attached hydrogens (primary N) is 1. The van der Waals surface area contributed by atoms with E-state index in [4.69, 9.17) is 29.6 Å². The minimum absolute atomic E-state index is 0.0781. The molecule has 12 nitrogen and oxygen atoms in total. The summed E-state index contributed by atoms with van der Waals surface area (Å²) in [5.41, 5.74) is 5.32. The molecule has 1 aliphatic rings. The van der Waals surface area contributed by atoms with Crippen LogP contribution in [0.3, 0.4) is 0 Å². The number of carboxylic acid groups (broad SMARTS) is 1. The van der Waals surface area contributed by atoms with E-state index in [1.807, 2.05) is 6.08 Å². The maximum atomic E-state index is 12.6. The Labute approximate surface area is 318 Å². The quantitative estimate of drug-likeness (QED) is 0.0181. The van der Waals surface area contributed by atoms with Crippen molar-refractivity contribution in [3.8, 4) is 0 Å². The molecule has 0 amide bonds. The first kappa shape index (κ1) is 48.7. The van der Waals surface area contributed by atoms with Gasteiger partial charge in [-0.1, -0.05) is 127 Å². The van der Waals surface area contributed by atoms with E-state index < -0.39 is 51.1 Å². The number of hydrogen-bond acceptors (Lipinski definition) is 10. The fourth-order valence-corrected chi connectivity index (χ4v) is 6.23. The molecule has 0 aromatic rings. The first-order valence-electron chi connectivity index (χ1n) is 20.1. The Morgan fingerprint density at radius 2 is 1.19 bits per heavy atom. The van der Waals surface area contributed by atoms with Crippen LogP contribution < -0.4 is 5.73 Å². The van der Waals surface area contributed by atoms with Crippen molar-refractivity contribution in [2.24, 2.45) is 5.73 Å². The summed E-state index contributed by atoms with van der Waals surface area (Å²) in [7, 11) is -4.73. The highest BCUT2D eigenvalue weighted by Crippen LogP contribution is 2.43. The molecule has 3 unspecified atom stereocenters. The van der Waals surface area contributed by atoms with Crippen LogP contribution in [0.2, 0.25) is 0 Å². The second-order valence-corrected chi connectivity index (χ2v) is 15.3. The molecule has 0 spiro atoms. The van der Waals surface area contributed by atoms with Crippen LogP contribution >= 0.6 is 7.82 Å². The Hall–Kier alpha value is -2.34. The van der Waals surface area contributed by atoms with Gasteiger partial charge in [0.1, 0.15) is 12.6 Å². The zero-order valence-electron chi connectivity index (χ0n) is 32.5. The maximum Gasteiger partial charge on any atom is 0.472 e. The van der Waals surface area contributed by atoms with E-state index in [0.29, 0.717) is 19.3 Å². The van der Waals surface area contributed by atoms with E-state index in [1.54, 1.807) is 0 Å². The van der Waals surface area contributed by atoms with Gasteiger partial charge in [0.15, 0.2) is 6.10 Å². The molecule has 0 aromatic heterocycles. The highest BCUT2D eigenvalue weighted by molar-refractivity contribution is 7.47. The SMILES string of the molecule is CCCCC/C=C\C/C=C\CC1OC1C/C=C\CCCC(=O)O[C@H](COC(=O)CCCCCCCCCCCCC)COP(=O)(O)OC[C@H](N)C(=O)O. The van der Waals surface area contributed by atoms with Gasteiger partial charge in [-0.3, -0.25) is 23.4 Å². The van der Waals surface area contributed by atoms with Gasteiger partial charge in [0, 0.05) is 12.8 Å². The van der Waals surface area contributed by atoms with Crippen LogP contribution in [0.4, 0.5) is 0 Å². The van der Waals surface area contributed by atoms with Crippen molar-refractivity contribution >= 4 is 25.7 Å². The summed E-state index contributed by atoms with van der Waals surface area (Å²) in [5, 5.41) is 8.87. The highest BCUT2D eigenvalue weighted by Gasteiger charge is 2.36. The number of allylic oxidation sites excluding steroid dienone is 4. The number of carbonyl (C=O) groups is 3. The minimum atomic E-state index is -4.73. The lowest BCUT2D eigenvalue weighted by Crippen LogP contribution is -2.34. The standard InChI is InChI=1S/C40H70NO11P/c1-3-5-7-9-11-13-14-16-18-20-25-29-38(42)48-31-34(32-49-53(46,47)50-33-35(41)40(44)45)51-39(43)30-26-22-21-24-28-37-36(52-37)27-23-19-17-15-12-10-8-6-4-2/h12,15,19,21,23-24,34-37H,3-11,13-14,16-18,20,22,25-33,41H2,1-2H3,(H,44,45)(H,46,47)/b15-12-,23-19-,24-21-/t34-,35+,36?,37?/m1/s1. The van der Waals surface area contributed by atoms with Gasteiger partial charge < -0.3 is 29.9 Å². The first-order chi connectivity index (χ1) is 25.6. The van der Waals surface area contributed by atoms with Crippen molar-refractivity contribution in [1.82, 2.24) is 0 Å². The predicted molar refractivity (Wildman–Crippen MR) is 207 cm³/mol. The van der Waals surface area contributed by atoms with Gasteiger partial charge in [-0.15, -0.1) is 0 Å². The number of ether oxygens (including phenoxy) is 3. The van der Waals surface area contributed by atoms with Gasteiger partial charge in [-0.05, 0) is 51.4 Å². The number of aliphatic carboxylic acids is 1. The monoisotopic (exact) mass is 771 g/mol. The van der Waals surface area contributed by atoms with Gasteiger partial charge in [0.05, 0.1) is 25.4 Å². The average molecular weight is 772 g/mol. The minimum Gasteiger partial charge on any atom is -0.480 e. The van der Waals surface area contributed by atoms with Crippen molar-refractivity contribution in [1.29, 1.82) is 0 Å². The zero-order valence-corrected chi connectivity index (χ0v) is 33.4. The summed E-state index contributed by atoms with van der Waals surface area (Å²) in [6.45, 7) is 2.68. The normalized spacial score (nSPS) is 18.0. The van der Waals surface area contributed by atoms with Crippen molar-refractivity contribution in [2.75, 3.05) is 19.8 Å². The highest BCUT2D eigenvalue weighted by atomic mass is 31.2. The molecule has 1 saturated heterocycles. The Morgan fingerprint density at radius 3 is 1.83 bits per heavy atom. The zero-order chi connectivity index (χ0) is 39.0. The number of unbranched alkanes of at least 4 members (excludes halogenated alkanes) is 14. The van der Waals surface area contributed by atoms with Gasteiger partial charge in [-0.25, -0.2) is 4.57 Å². The molecule has 1 heterocycles. The number of esters is 2. The fourth-order valence-electron chi connectivity index (χ4n) is 5.45. The summed E-state index contributed by atoms with van der Waals surface area (Å²) in [5.74, 6) is -2.46. The molecule has 4 N–H and O–H groups in total. The maximum absolute atomic E-state index is 12.6. The molecule has 0 aromatic carbocycles. The van der Waals surface area contributed by atoms with E-state index in [1.165, 1.54) is 64.2 Å². The Morgan fingerprint density at radius 1 is 0.679 bits per heavy atom. The van der Waals surface area contributed by atoms with Crippen LogP contribution in [-0.4, -0.2) is 72.1 Å². The van der Waals surface area contributed by atoms with Crippen LogP contribution in [0.5, 0.6) is 0 Å². The van der Waals surface area contributed by atoms with Crippen LogP contribution in [0.15, 0.2) is 36.5 Å². The van der Waals surface area contributed by atoms with E-state index >= 15 is 0 Å². The molecular weight excluding hydrogens is 701 g/mol. The molecular formula is C40H70NO11P. The van der Waals surface area contributed by atoms with Crippen molar-refractivity contribution < 1.29 is 52.2 Å². The molecule has 13 heteroatoms. The average Bonchev–Trinajstić information content (AvgIpc) is 3.89. The molecule has 0 radical (unpaired) electrons. The van der Waals surface area contributed by atoms with Crippen LogP contribution in [-0.2, 0) is 42.2 Å². The Kier molecular flexibility index (Phi) is 29.4. The van der Waals surface area contributed by atoms with E-state index in [9.17, 15) is 23.8 Å². The number of phosphoric ester groups is 1. The van der Waals surface area contributed by atoms with E-state index in [2.05, 4.69) is 48.8 Å². The summed E-state index contributed by atoms with van der Waals surface area (Å²) >= 11 is 0. The third kappa shape index (κ3) is 29.7. The molecule has 5 atom stereocenters. The molecule has 0 saturated carbocycles. The van der Waals surface area contributed by atoms with Gasteiger partial charge in [-0.2, -0.15) is 0 Å². The Bertz CT molecular complexity index is 1110. The first-order valence-corrected chi connectivity index (χ1v) is 21.6. The lowest BCUT2D eigenvalue weighted by molar-refractivity contribution is -0.161. The van der Waals surface area contributed by atoms with Crippen LogP contribution in [0.1, 0.15) is 155 Å². The van der Waals surface area contributed by atoms with E-state index in [0.717, 1.165) is 44.9 Å². The largest absolute Gasteiger partial charge is 0.480 e. The second-order valence-electron chi connectivity index (χ2n) is 13.8. The molecule has 1 fully saturated rings. The fraction of sp³-hybridized carbons (Fsp3) is 0.775. The number of phosphoric acid groups is 1. The second kappa shape index (κ2) is 32.0. The number of epoxide rings is 1. The Balaban J connectivity index is 2.37.